The first-order valence-corrected chi connectivity index (χ1v) is 9.05. The highest BCUT2D eigenvalue weighted by molar-refractivity contribution is 7.89. The molecule has 2 aliphatic rings. The summed E-state index contributed by atoms with van der Waals surface area (Å²) < 4.78 is 26.7. The summed E-state index contributed by atoms with van der Waals surface area (Å²) in [5.74, 6) is -0.240. The van der Waals surface area contributed by atoms with Crippen LogP contribution in [-0.4, -0.2) is 62.2 Å². The largest absolute Gasteiger partial charge is 0.349 e. The minimum Gasteiger partial charge on any atom is -0.349 e. The normalized spacial score (nSPS) is 19.4. The lowest BCUT2D eigenvalue weighted by atomic mass is 10.2. The molecule has 0 radical (unpaired) electrons. The average Bonchev–Trinajstić information content (AvgIpc) is 3.39. The summed E-state index contributed by atoms with van der Waals surface area (Å²) in [6.07, 6.45) is 2.68. The number of sulfonamides is 1. The van der Waals surface area contributed by atoms with Crippen molar-refractivity contribution in [2.24, 2.45) is 0 Å². The van der Waals surface area contributed by atoms with Crippen LogP contribution in [0.25, 0.3) is 0 Å². The van der Waals surface area contributed by atoms with Gasteiger partial charge in [0.25, 0.3) is 5.91 Å². The van der Waals surface area contributed by atoms with E-state index in [2.05, 4.69) is 5.32 Å². The molecule has 1 aliphatic carbocycles. The van der Waals surface area contributed by atoms with Crippen molar-refractivity contribution in [3.63, 3.8) is 0 Å². The number of amides is 2. The number of nitrogens with one attached hydrogen (secondary N) is 1. The number of benzene rings is 1. The molecule has 0 bridgehead atoms. The Labute approximate surface area is 135 Å². The molecule has 1 heterocycles. The third-order valence-electron chi connectivity index (χ3n) is 4.07. The van der Waals surface area contributed by atoms with Crippen molar-refractivity contribution in [2.75, 3.05) is 26.2 Å². The Morgan fingerprint density at radius 2 is 1.87 bits per heavy atom. The van der Waals surface area contributed by atoms with E-state index in [1.165, 1.54) is 16.4 Å². The predicted octanol–water partition coefficient (Wildman–Crippen LogP) is 0.0415. The van der Waals surface area contributed by atoms with Crippen molar-refractivity contribution in [3.05, 3.63) is 29.8 Å². The third-order valence-corrected chi connectivity index (χ3v) is 5.96. The van der Waals surface area contributed by atoms with Crippen molar-refractivity contribution in [1.82, 2.24) is 14.5 Å². The first-order chi connectivity index (χ1) is 11.0. The van der Waals surface area contributed by atoms with Crippen molar-refractivity contribution < 1.29 is 18.0 Å². The maximum Gasteiger partial charge on any atom is 0.251 e. The van der Waals surface area contributed by atoms with E-state index in [9.17, 15) is 18.0 Å². The van der Waals surface area contributed by atoms with Crippen LogP contribution in [0.2, 0.25) is 0 Å². The van der Waals surface area contributed by atoms with Gasteiger partial charge in [-0.2, -0.15) is 4.31 Å². The van der Waals surface area contributed by atoms with Gasteiger partial charge in [-0.05, 0) is 31.0 Å². The van der Waals surface area contributed by atoms with Gasteiger partial charge in [0.15, 0.2) is 0 Å². The molecule has 7 nitrogen and oxygen atoms in total. The SMILES string of the molecule is O=CN1CCN(S(=O)(=O)c2cccc(C(=O)NC3CC3)c2)CC1. The first-order valence-electron chi connectivity index (χ1n) is 7.61. The monoisotopic (exact) mass is 337 g/mol. The van der Waals surface area contributed by atoms with Crippen LogP contribution in [0, 0.1) is 0 Å². The lowest BCUT2D eigenvalue weighted by Gasteiger charge is -2.31. The maximum absolute atomic E-state index is 12.7. The molecule has 0 atom stereocenters. The van der Waals surface area contributed by atoms with E-state index in [-0.39, 0.29) is 29.9 Å². The molecule has 2 fully saturated rings. The van der Waals surface area contributed by atoms with Gasteiger partial charge in [-0.1, -0.05) is 6.07 Å². The summed E-state index contributed by atoms with van der Waals surface area (Å²) in [5.41, 5.74) is 0.351. The molecule has 0 spiro atoms. The van der Waals surface area contributed by atoms with Gasteiger partial charge in [-0.3, -0.25) is 9.59 Å². The second-order valence-corrected chi connectivity index (χ2v) is 7.76. The van der Waals surface area contributed by atoms with Crippen LogP contribution in [0.3, 0.4) is 0 Å². The van der Waals surface area contributed by atoms with E-state index in [0.29, 0.717) is 18.7 Å². The van der Waals surface area contributed by atoms with E-state index in [4.69, 9.17) is 0 Å². The fraction of sp³-hybridized carbons (Fsp3) is 0.467. The fourth-order valence-corrected chi connectivity index (χ4v) is 3.96. The highest BCUT2D eigenvalue weighted by Crippen LogP contribution is 2.21. The van der Waals surface area contributed by atoms with Gasteiger partial charge < -0.3 is 10.2 Å². The number of nitrogens with zero attached hydrogens (tertiary/aromatic N) is 2. The van der Waals surface area contributed by atoms with Gasteiger partial charge in [0.2, 0.25) is 16.4 Å². The van der Waals surface area contributed by atoms with Crippen LogP contribution in [-0.2, 0) is 14.8 Å². The molecule has 1 N–H and O–H groups in total. The van der Waals surface area contributed by atoms with E-state index in [1.807, 2.05) is 0 Å². The molecule has 0 aromatic heterocycles. The van der Waals surface area contributed by atoms with Gasteiger partial charge in [-0.25, -0.2) is 8.42 Å². The second kappa shape index (κ2) is 6.29. The zero-order valence-electron chi connectivity index (χ0n) is 12.6. The summed E-state index contributed by atoms with van der Waals surface area (Å²) in [4.78, 5) is 24.4. The second-order valence-electron chi connectivity index (χ2n) is 5.82. The molecule has 1 aromatic carbocycles. The average molecular weight is 337 g/mol. The summed E-state index contributed by atoms with van der Waals surface area (Å²) in [6, 6.07) is 6.32. The van der Waals surface area contributed by atoms with Crippen LogP contribution in [0.5, 0.6) is 0 Å². The Kier molecular flexibility index (Phi) is 4.36. The number of hydrogen-bond donors (Lipinski definition) is 1. The van der Waals surface area contributed by atoms with Crippen molar-refractivity contribution >= 4 is 22.3 Å². The lowest BCUT2D eigenvalue weighted by molar-refractivity contribution is -0.119. The quantitative estimate of drug-likeness (QED) is 0.769. The van der Waals surface area contributed by atoms with E-state index < -0.39 is 10.0 Å². The highest BCUT2D eigenvalue weighted by atomic mass is 32.2. The van der Waals surface area contributed by atoms with Crippen molar-refractivity contribution in [3.8, 4) is 0 Å². The van der Waals surface area contributed by atoms with Crippen LogP contribution < -0.4 is 5.32 Å². The summed E-state index contributed by atoms with van der Waals surface area (Å²) in [6.45, 7) is 1.29. The van der Waals surface area contributed by atoms with Crippen molar-refractivity contribution in [2.45, 2.75) is 23.8 Å². The summed E-state index contributed by atoms with van der Waals surface area (Å²) in [7, 11) is -3.65. The van der Waals surface area contributed by atoms with Crippen molar-refractivity contribution in [1.29, 1.82) is 0 Å². The van der Waals surface area contributed by atoms with Crippen LogP contribution in [0.4, 0.5) is 0 Å². The Hall–Kier alpha value is -1.93. The zero-order chi connectivity index (χ0) is 16.4. The molecular weight excluding hydrogens is 318 g/mol. The highest BCUT2D eigenvalue weighted by Gasteiger charge is 2.29. The number of rotatable bonds is 5. The van der Waals surface area contributed by atoms with Gasteiger partial charge in [0.1, 0.15) is 0 Å². The standard InChI is InChI=1S/C15H19N3O4S/c19-11-17-6-8-18(9-7-17)23(21,22)14-3-1-2-12(10-14)15(20)16-13-4-5-13/h1-3,10-11,13H,4-9H2,(H,16,20). The maximum atomic E-state index is 12.7. The Bertz CT molecular complexity index is 707. The van der Waals surface area contributed by atoms with E-state index in [1.54, 1.807) is 17.0 Å². The number of piperazine rings is 1. The molecule has 1 saturated heterocycles. The summed E-state index contributed by atoms with van der Waals surface area (Å²) in [5, 5.41) is 2.85. The Morgan fingerprint density at radius 3 is 2.48 bits per heavy atom. The molecular formula is C15H19N3O4S. The van der Waals surface area contributed by atoms with Crippen LogP contribution in [0.1, 0.15) is 23.2 Å². The molecule has 3 rings (SSSR count). The molecule has 8 heteroatoms. The van der Waals surface area contributed by atoms with Gasteiger partial charge in [0.05, 0.1) is 4.90 Å². The summed E-state index contributed by atoms with van der Waals surface area (Å²) >= 11 is 0. The molecule has 2 amide bonds. The number of carbonyl (C=O) groups is 2. The molecule has 124 valence electrons. The minimum atomic E-state index is -3.65. The van der Waals surface area contributed by atoms with E-state index in [0.717, 1.165) is 19.3 Å². The minimum absolute atomic E-state index is 0.112. The molecule has 1 saturated carbocycles. The first kappa shape index (κ1) is 15.9. The van der Waals surface area contributed by atoms with Crippen LogP contribution in [0.15, 0.2) is 29.2 Å². The zero-order valence-corrected chi connectivity index (χ0v) is 13.5. The molecule has 0 unspecified atom stereocenters. The fourth-order valence-electron chi connectivity index (χ4n) is 2.49. The molecule has 23 heavy (non-hydrogen) atoms. The van der Waals surface area contributed by atoms with E-state index >= 15 is 0 Å². The smallest absolute Gasteiger partial charge is 0.251 e. The lowest BCUT2D eigenvalue weighted by Crippen LogP contribution is -2.48. The van der Waals surface area contributed by atoms with Gasteiger partial charge in [0, 0.05) is 37.8 Å². The Balaban J connectivity index is 1.77. The predicted molar refractivity (Wildman–Crippen MR) is 83.3 cm³/mol. The molecule has 1 aromatic rings. The van der Waals surface area contributed by atoms with Crippen LogP contribution >= 0.6 is 0 Å². The third kappa shape index (κ3) is 3.53. The molecule has 1 aliphatic heterocycles. The Morgan fingerprint density at radius 1 is 1.17 bits per heavy atom. The number of hydrogen-bond acceptors (Lipinski definition) is 4. The van der Waals surface area contributed by atoms with Gasteiger partial charge >= 0.3 is 0 Å². The topological polar surface area (TPSA) is 86.8 Å². The van der Waals surface area contributed by atoms with Gasteiger partial charge in [-0.15, -0.1) is 0 Å². The number of carbonyl (C=O) groups excluding carboxylic acids is 2.